The average Bonchev–Trinajstić information content (AvgIpc) is 2.74. The lowest BCUT2D eigenvalue weighted by Crippen LogP contribution is -2.23. The van der Waals surface area contributed by atoms with Crippen LogP contribution in [0, 0.1) is 0 Å². The van der Waals surface area contributed by atoms with E-state index in [1.54, 1.807) is 0 Å². The predicted octanol–water partition coefficient (Wildman–Crippen LogP) is 2.41. The first-order valence-electron chi connectivity index (χ1n) is 5.83. The van der Waals surface area contributed by atoms with Gasteiger partial charge in [0.1, 0.15) is 5.82 Å². The molecule has 2 heterocycles. The number of nitrogens with one attached hydrogen (secondary N) is 2. The minimum atomic E-state index is 0.856. The molecule has 3 rings (SSSR count). The minimum Gasteiger partial charge on any atom is -0.344 e. The number of aromatic amines is 1. The summed E-state index contributed by atoms with van der Waals surface area (Å²) in [5.41, 5.74) is 3.75. The Bertz CT molecular complexity index is 510. The monoisotopic (exact) mass is 291 g/mol. The van der Waals surface area contributed by atoms with Crippen molar-refractivity contribution in [1.82, 2.24) is 15.3 Å². The number of nitrogens with zero attached hydrogens (tertiary/aromatic N) is 1. The second-order valence-electron chi connectivity index (χ2n) is 4.30. The maximum atomic E-state index is 4.67. The highest BCUT2D eigenvalue weighted by Gasteiger charge is 2.14. The van der Waals surface area contributed by atoms with Gasteiger partial charge in [0.05, 0.1) is 11.4 Å². The molecular weight excluding hydrogens is 278 g/mol. The highest BCUT2D eigenvalue weighted by molar-refractivity contribution is 9.10. The topological polar surface area (TPSA) is 40.7 Å². The normalized spacial score (nSPS) is 14.6. The fraction of sp³-hybridized carbons (Fsp3) is 0.308. The van der Waals surface area contributed by atoms with Crippen LogP contribution in [0.5, 0.6) is 0 Å². The zero-order valence-corrected chi connectivity index (χ0v) is 11.0. The highest BCUT2D eigenvalue weighted by atomic mass is 79.9. The van der Waals surface area contributed by atoms with Crippen LogP contribution in [0.25, 0.3) is 0 Å². The fourth-order valence-corrected chi connectivity index (χ4v) is 2.61. The minimum absolute atomic E-state index is 0.856. The quantitative estimate of drug-likeness (QED) is 0.892. The van der Waals surface area contributed by atoms with Gasteiger partial charge < -0.3 is 10.3 Å². The van der Waals surface area contributed by atoms with Crippen LogP contribution in [-0.4, -0.2) is 16.5 Å². The van der Waals surface area contributed by atoms with E-state index in [1.807, 2.05) is 6.07 Å². The molecule has 1 aliphatic rings. The van der Waals surface area contributed by atoms with E-state index in [0.29, 0.717) is 0 Å². The van der Waals surface area contributed by atoms with Crippen molar-refractivity contribution in [3.8, 4) is 0 Å². The zero-order valence-electron chi connectivity index (χ0n) is 9.46. The van der Waals surface area contributed by atoms with Gasteiger partial charge in [-0.15, -0.1) is 0 Å². The molecule has 1 aromatic carbocycles. The average molecular weight is 292 g/mol. The summed E-state index contributed by atoms with van der Waals surface area (Å²) in [5, 5.41) is 3.35. The van der Waals surface area contributed by atoms with Crippen LogP contribution in [-0.2, 0) is 19.4 Å². The molecule has 0 unspecified atom stereocenters. The molecule has 17 heavy (non-hydrogen) atoms. The third kappa shape index (κ3) is 2.28. The first kappa shape index (κ1) is 11.0. The maximum absolute atomic E-state index is 4.67. The second kappa shape index (κ2) is 4.63. The summed E-state index contributed by atoms with van der Waals surface area (Å²) in [7, 11) is 0. The largest absolute Gasteiger partial charge is 0.344 e. The summed E-state index contributed by atoms with van der Waals surface area (Å²) in [6.07, 6.45) is 1.89. The molecule has 2 aromatic rings. The van der Waals surface area contributed by atoms with E-state index in [1.165, 1.54) is 17.0 Å². The Hall–Kier alpha value is -1.13. The van der Waals surface area contributed by atoms with E-state index in [-0.39, 0.29) is 0 Å². The van der Waals surface area contributed by atoms with Crippen molar-refractivity contribution in [2.24, 2.45) is 0 Å². The van der Waals surface area contributed by atoms with Crippen molar-refractivity contribution in [3.63, 3.8) is 0 Å². The van der Waals surface area contributed by atoms with Gasteiger partial charge in [-0.3, -0.25) is 0 Å². The summed E-state index contributed by atoms with van der Waals surface area (Å²) < 4.78 is 1.15. The lowest BCUT2D eigenvalue weighted by atomic mass is 10.1. The van der Waals surface area contributed by atoms with Crippen molar-refractivity contribution in [1.29, 1.82) is 0 Å². The number of fused-ring (bicyclic) bond motifs is 1. The second-order valence-corrected chi connectivity index (χ2v) is 5.16. The summed E-state index contributed by atoms with van der Waals surface area (Å²) in [6.45, 7) is 1.95. The Morgan fingerprint density at radius 1 is 1.29 bits per heavy atom. The van der Waals surface area contributed by atoms with Gasteiger partial charge in [0.2, 0.25) is 0 Å². The van der Waals surface area contributed by atoms with Crippen LogP contribution in [0.15, 0.2) is 28.7 Å². The van der Waals surface area contributed by atoms with Gasteiger partial charge >= 0.3 is 0 Å². The van der Waals surface area contributed by atoms with Gasteiger partial charge in [0.25, 0.3) is 0 Å². The number of H-pyrrole nitrogens is 1. The molecule has 0 saturated heterocycles. The number of imidazole rings is 1. The fourth-order valence-electron chi connectivity index (χ4n) is 2.18. The van der Waals surface area contributed by atoms with Crippen LogP contribution in [0.3, 0.4) is 0 Å². The highest BCUT2D eigenvalue weighted by Crippen LogP contribution is 2.19. The van der Waals surface area contributed by atoms with E-state index in [9.17, 15) is 0 Å². The molecule has 0 radical (unpaired) electrons. The lowest BCUT2D eigenvalue weighted by Gasteiger charge is -2.09. The molecule has 0 atom stereocenters. The van der Waals surface area contributed by atoms with Crippen LogP contribution in [0.4, 0.5) is 0 Å². The third-order valence-electron chi connectivity index (χ3n) is 3.07. The summed E-state index contributed by atoms with van der Waals surface area (Å²) in [5.74, 6) is 1.06. The summed E-state index contributed by atoms with van der Waals surface area (Å²) >= 11 is 3.57. The molecule has 2 N–H and O–H groups in total. The Morgan fingerprint density at radius 3 is 3.00 bits per heavy atom. The summed E-state index contributed by atoms with van der Waals surface area (Å²) in [4.78, 5) is 8.09. The molecule has 3 nitrogen and oxygen atoms in total. The van der Waals surface area contributed by atoms with Crippen molar-refractivity contribution in [3.05, 3.63) is 51.5 Å². The molecule has 0 spiro atoms. The third-order valence-corrected chi connectivity index (χ3v) is 3.84. The number of rotatable bonds is 2. The van der Waals surface area contributed by atoms with Gasteiger partial charge in [0, 0.05) is 30.4 Å². The molecular formula is C13H14BrN3. The van der Waals surface area contributed by atoms with Crippen LogP contribution < -0.4 is 5.32 Å². The first-order chi connectivity index (χ1) is 8.33. The van der Waals surface area contributed by atoms with Gasteiger partial charge in [-0.05, 0) is 11.6 Å². The number of hydrogen-bond donors (Lipinski definition) is 2. The molecule has 4 heteroatoms. The van der Waals surface area contributed by atoms with Gasteiger partial charge in [0.15, 0.2) is 0 Å². The SMILES string of the molecule is Brc1ccccc1Cc1nc2c([nH]1)CNCC2. The summed E-state index contributed by atoms with van der Waals surface area (Å²) in [6, 6.07) is 8.29. The number of benzene rings is 1. The van der Waals surface area contributed by atoms with E-state index in [0.717, 1.165) is 36.2 Å². The predicted molar refractivity (Wildman–Crippen MR) is 70.9 cm³/mol. The van der Waals surface area contributed by atoms with Gasteiger partial charge in [-0.2, -0.15) is 0 Å². The molecule has 88 valence electrons. The van der Waals surface area contributed by atoms with Crippen molar-refractivity contribution >= 4 is 15.9 Å². The lowest BCUT2D eigenvalue weighted by molar-refractivity contribution is 0.627. The Morgan fingerprint density at radius 2 is 2.18 bits per heavy atom. The number of halogens is 1. The molecule has 0 aliphatic carbocycles. The van der Waals surface area contributed by atoms with E-state index in [2.05, 4.69) is 49.4 Å². The van der Waals surface area contributed by atoms with E-state index in [4.69, 9.17) is 0 Å². The molecule has 0 fully saturated rings. The first-order valence-corrected chi connectivity index (χ1v) is 6.63. The molecule has 0 saturated carbocycles. The van der Waals surface area contributed by atoms with Crippen LogP contribution in [0.1, 0.15) is 22.8 Å². The Balaban J connectivity index is 1.86. The number of hydrogen-bond acceptors (Lipinski definition) is 2. The maximum Gasteiger partial charge on any atom is 0.111 e. The van der Waals surface area contributed by atoms with Crippen molar-refractivity contribution < 1.29 is 0 Å². The Labute approximate surface area is 109 Å². The van der Waals surface area contributed by atoms with E-state index >= 15 is 0 Å². The Kier molecular flexibility index (Phi) is 2.99. The van der Waals surface area contributed by atoms with Gasteiger partial charge in [-0.25, -0.2) is 4.98 Å². The van der Waals surface area contributed by atoms with Crippen molar-refractivity contribution in [2.75, 3.05) is 6.54 Å². The van der Waals surface area contributed by atoms with Gasteiger partial charge in [-0.1, -0.05) is 34.1 Å². The molecule has 0 amide bonds. The molecule has 1 aromatic heterocycles. The standard InChI is InChI=1S/C13H14BrN3/c14-10-4-2-1-3-9(10)7-13-16-11-5-6-15-8-12(11)17-13/h1-4,15H,5-8H2,(H,16,17). The zero-order chi connectivity index (χ0) is 11.7. The molecule has 1 aliphatic heterocycles. The molecule has 0 bridgehead atoms. The smallest absolute Gasteiger partial charge is 0.111 e. The van der Waals surface area contributed by atoms with E-state index < -0.39 is 0 Å². The van der Waals surface area contributed by atoms with Crippen molar-refractivity contribution in [2.45, 2.75) is 19.4 Å². The number of aromatic nitrogens is 2. The van der Waals surface area contributed by atoms with Crippen LogP contribution >= 0.6 is 15.9 Å². The van der Waals surface area contributed by atoms with Crippen LogP contribution in [0.2, 0.25) is 0 Å².